The largest absolute Gasteiger partial charge is 0.497 e. The van der Waals surface area contributed by atoms with Crippen LogP contribution in [0.5, 0.6) is 5.75 Å². The summed E-state index contributed by atoms with van der Waals surface area (Å²) >= 11 is 1.38. The van der Waals surface area contributed by atoms with E-state index in [2.05, 4.69) is 15.5 Å². The van der Waals surface area contributed by atoms with Crippen LogP contribution in [0, 0.1) is 0 Å². The monoisotopic (exact) mass is 362 g/mol. The maximum atomic E-state index is 11.6. The van der Waals surface area contributed by atoms with Gasteiger partial charge in [0.05, 0.1) is 25.5 Å². The van der Waals surface area contributed by atoms with E-state index in [1.165, 1.54) is 11.8 Å². The highest BCUT2D eigenvalue weighted by molar-refractivity contribution is 7.99. The predicted molar refractivity (Wildman–Crippen MR) is 95.8 cm³/mol. The molecule has 0 radical (unpaired) electrons. The van der Waals surface area contributed by atoms with Crippen LogP contribution in [-0.4, -0.2) is 53.3 Å². The molecule has 8 heteroatoms. The molecular formula is C17H22N4O3S. The van der Waals surface area contributed by atoms with Gasteiger partial charge in [0.2, 0.25) is 5.91 Å². The molecule has 1 N–H and O–H groups in total. The van der Waals surface area contributed by atoms with Gasteiger partial charge in [-0.05, 0) is 37.1 Å². The molecule has 2 heterocycles. The van der Waals surface area contributed by atoms with Crippen molar-refractivity contribution in [1.82, 2.24) is 20.1 Å². The average Bonchev–Trinajstić information content (AvgIpc) is 3.30. The molecule has 1 saturated heterocycles. The van der Waals surface area contributed by atoms with Gasteiger partial charge in [-0.3, -0.25) is 9.36 Å². The Morgan fingerprint density at radius 1 is 1.40 bits per heavy atom. The number of thioether (sulfide) groups is 1. The Bertz CT molecular complexity index is 711. The second-order valence-electron chi connectivity index (χ2n) is 5.74. The second kappa shape index (κ2) is 8.35. The van der Waals surface area contributed by atoms with Crippen LogP contribution < -0.4 is 10.1 Å². The molecule has 2 aromatic rings. The zero-order valence-electron chi connectivity index (χ0n) is 14.4. The number of benzene rings is 1. The van der Waals surface area contributed by atoms with Crippen molar-refractivity contribution in [3.8, 4) is 17.1 Å². The van der Waals surface area contributed by atoms with Gasteiger partial charge in [-0.15, -0.1) is 10.2 Å². The molecule has 134 valence electrons. The first-order valence-corrected chi connectivity index (χ1v) is 9.22. The van der Waals surface area contributed by atoms with E-state index in [0.717, 1.165) is 41.7 Å². The molecule has 7 nitrogen and oxygen atoms in total. The van der Waals surface area contributed by atoms with Crippen molar-refractivity contribution in [1.29, 1.82) is 0 Å². The molecule has 0 saturated carbocycles. The highest BCUT2D eigenvalue weighted by Gasteiger charge is 2.22. The third-order valence-electron chi connectivity index (χ3n) is 4.09. The fraction of sp³-hybridized carbons (Fsp3) is 0.471. The maximum absolute atomic E-state index is 11.6. The number of methoxy groups -OCH3 is 1. The summed E-state index contributed by atoms with van der Waals surface area (Å²) in [6.45, 7) is 1.48. The van der Waals surface area contributed by atoms with Crippen LogP contribution in [0.4, 0.5) is 0 Å². The molecule has 0 spiro atoms. The Hall–Kier alpha value is -2.06. The van der Waals surface area contributed by atoms with Crippen LogP contribution in [-0.2, 0) is 16.1 Å². The summed E-state index contributed by atoms with van der Waals surface area (Å²) in [6.07, 6.45) is 2.26. The molecule has 1 atom stereocenters. The summed E-state index contributed by atoms with van der Waals surface area (Å²) in [6, 6.07) is 7.72. The molecule has 0 aliphatic carbocycles. The Morgan fingerprint density at radius 3 is 2.84 bits per heavy atom. The van der Waals surface area contributed by atoms with Crippen LogP contribution in [0.1, 0.15) is 12.8 Å². The van der Waals surface area contributed by atoms with E-state index in [1.807, 2.05) is 28.8 Å². The molecule has 1 aromatic carbocycles. The van der Waals surface area contributed by atoms with Crippen LogP contribution >= 0.6 is 11.8 Å². The molecule has 1 unspecified atom stereocenters. The van der Waals surface area contributed by atoms with Gasteiger partial charge in [0.25, 0.3) is 0 Å². The number of rotatable bonds is 7. The van der Waals surface area contributed by atoms with Crippen LogP contribution in [0.25, 0.3) is 11.4 Å². The number of carbonyl (C=O) groups excluding carboxylic acids is 1. The Morgan fingerprint density at radius 2 is 2.20 bits per heavy atom. The van der Waals surface area contributed by atoms with Crippen LogP contribution in [0.15, 0.2) is 29.4 Å². The number of hydrogen-bond donors (Lipinski definition) is 1. The van der Waals surface area contributed by atoms with Gasteiger partial charge in [-0.2, -0.15) is 0 Å². The van der Waals surface area contributed by atoms with Crippen molar-refractivity contribution in [2.75, 3.05) is 26.5 Å². The molecule has 0 bridgehead atoms. The quantitative estimate of drug-likeness (QED) is 0.759. The van der Waals surface area contributed by atoms with E-state index in [0.29, 0.717) is 12.3 Å². The molecule has 25 heavy (non-hydrogen) atoms. The highest BCUT2D eigenvalue weighted by Crippen LogP contribution is 2.27. The van der Waals surface area contributed by atoms with Crippen molar-refractivity contribution in [2.24, 2.45) is 0 Å². The van der Waals surface area contributed by atoms with Gasteiger partial charge in [-0.1, -0.05) is 11.8 Å². The predicted octanol–water partition coefficient (Wildman–Crippen LogP) is 1.97. The molecule has 3 rings (SSSR count). The lowest BCUT2D eigenvalue weighted by Gasteiger charge is -2.14. The van der Waals surface area contributed by atoms with E-state index in [-0.39, 0.29) is 12.0 Å². The standard InChI is InChI=1S/C17H22N4O3S/c1-18-15(22)11-25-17-20-19-16(12-5-7-13(23-2)8-6-12)21(17)10-14-4-3-9-24-14/h5-8,14H,3-4,9-11H2,1-2H3,(H,18,22). The minimum atomic E-state index is -0.0392. The van der Waals surface area contributed by atoms with Crippen molar-refractivity contribution in [3.63, 3.8) is 0 Å². The van der Waals surface area contributed by atoms with E-state index < -0.39 is 0 Å². The Balaban J connectivity index is 1.87. The number of ether oxygens (including phenoxy) is 2. The summed E-state index contributed by atoms with van der Waals surface area (Å²) in [7, 11) is 3.27. The van der Waals surface area contributed by atoms with Crippen molar-refractivity contribution >= 4 is 17.7 Å². The van der Waals surface area contributed by atoms with Gasteiger partial charge in [0.1, 0.15) is 5.75 Å². The van der Waals surface area contributed by atoms with Crippen LogP contribution in [0.3, 0.4) is 0 Å². The second-order valence-corrected chi connectivity index (χ2v) is 6.68. The number of carbonyl (C=O) groups is 1. The van der Waals surface area contributed by atoms with Gasteiger partial charge in [-0.25, -0.2) is 0 Å². The Labute approximate surface area is 151 Å². The summed E-state index contributed by atoms with van der Waals surface area (Å²) in [4.78, 5) is 11.6. The zero-order chi connectivity index (χ0) is 17.6. The summed E-state index contributed by atoms with van der Waals surface area (Å²) < 4.78 is 13.0. The van der Waals surface area contributed by atoms with E-state index >= 15 is 0 Å². The first kappa shape index (κ1) is 17.8. The lowest BCUT2D eigenvalue weighted by molar-refractivity contribution is -0.118. The molecule has 1 fully saturated rings. The fourth-order valence-corrected chi connectivity index (χ4v) is 3.53. The SMILES string of the molecule is CNC(=O)CSc1nnc(-c2ccc(OC)cc2)n1CC1CCCO1. The first-order chi connectivity index (χ1) is 12.2. The fourth-order valence-electron chi connectivity index (χ4n) is 2.71. The van der Waals surface area contributed by atoms with Gasteiger partial charge < -0.3 is 14.8 Å². The van der Waals surface area contributed by atoms with Crippen molar-refractivity contribution < 1.29 is 14.3 Å². The Kier molecular flexibility index (Phi) is 5.93. The van der Waals surface area contributed by atoms with E-state index in [9.17, 15) is 4.79 Å². The summed E-state index contributed by atoms with van der Waals surface area (Å²) in [5.74, 6) is 1.84. The third kappa shape index (κ3) is 4.32. The minimum absolute atomic E-state index is 0.0392. The summed E-state index contributed by atoms with van der Waals surface area (Å²) in [5.41, 5.74) is 0.957. The van der Waals surface area contributed by atoms with Gasteiger partial charge >= 0.3 is 0 Å². The lowest BCUT2D eigenvalue weighted by Crippen LogP contribution is -2.21. The van der Waals surface area contributed by atoms with E-state index in [4.69, 9.17) is 9.47 Å². The number of nitrogens with one attached hydrogen (secondary N) is 1. The summed E-state index contributed by atoms with van der Waals surface area (Å²) in [5, 5.41) is 12.0. The van der Waals surface area contributed by atoms with Crippen LogP contribution in [0.2, 0.25) is 0 Å². The first-order valence-electron chi connectivity index (χ1n) is 8.24. The highest BCUT2D eigenvalue weighted by atomic mass is 32.2. The molecule has 1 aliphatic rings. The molecular weight excluding hydrogens is 340 g/mol. The van der Waals surface area contributed by atoms with E-state index in [1.54, 1.807) is 14.2 Å². The van der Waals surface area contributed by atoms with Crippen molar-refractivity contribution in [2.45, 2.75) is 30.6 Å². The van der Waals surface area contributed by atoms with Crippen molar-refractivity contribution in [3.05, 3.63) is 24.3 Å². The number of aromatic nitrogens is 3. The molecule has 1 aromatic heterocycles. The average molecular weight is 362 g/mol. The van der Waals surface area contributed by atoms with Gasteiger partial charge in [0.15, 0.2) is 11.0 Å². The zero-order valence-corrected chi connectivity index (χ0v) is 15.2. The maximum Gasteiger partial charge on any atom is 0.230 e. The van der Waals surface area contributed by atoms with Gasteiger partial charge in [0, 0.05) is 19.2 Å². The normalized spacial score (nSPS) is 16.8. The third-order valence-corrected chi connectivity index (χ3v) is 5.05. The number of amides is 1. The molecule has 1 aliphatic heterocycles. The molecule has 1 amide bonds. The number of hydrogen-bond acceptors (Lipinski definition) is 6. The topological polar surface area (TPSA) is 78.3 Å². The lowest BCUT2D eigenvalue weighted by atomic mass is 10.2. The number of nitrogens with zero attached hydrogens (tertiary/aromatic N) is 3. The smallest absolute Gasteiger partial charge is 0.230 e. The minimum Gasteiger partial charge on any atom is -0.497 e.